The lowest BCUT2D eigenvalue weighted by Crippen LogP contribution is -1.92. The lowest BCUT2D eigenvalue weighted by molar-refractivity contribution is 0.340. The third-order valence-electron chi connectivity index (χ3n) is 4.33. The van der Waals surface area contributed by atoms with E-state index >= 15 is 0 Å². The maximum absolute atomic E-state index is 15.0. The van der Waals surface area contributed by atoms with Crippen LogP contribution in [0.15, 0.2) is 66.7 Å². The molecule has 0 atom stereocenters. The third-order valence-corrected chi connectivity index (χ3v) is 4.33. The molecule has 0 amide bonds. The first-order valence-electron chi connectivity index (χ1n) is 8.78. The van der Waals surface area contributed by atoms with Crippen molar-refractivity contribution in [2.45, 2.75) is 26.7 Å². The van der Waals surface area contributed by atoms with E-state index in [1.54, 1.807) is 0 Å². The molecule has 0 heterocycles. The predicted octanol–water partition coefficient (Wildman–Crippen LogP) is 6.55. The Morgan fingerprint density at radius 1 is 1.00 bits per heavy atom. The lowest BCUT2D eigenvalue weighted by Gasteiger charge is -2.09. The summed E-state index contributed by atoms with van der Waals surface area (Å²) in [6.45, 7) is 4.60. The number of rotatable bonds is 6. The second kappa shape index (κ2) is 7.98. The van der Waals surface area contributed by atoms with Crippen LogP contribution >= 0.6 is 0 Å². The van der Waals surface area contributed by atoms with Gasteiger partial charge < -0.3 is 4.74 Å². The topological polar surface area (TPSA) is 9.23 Å². The summed E-state index contributed by atoms with van der Waals surface area (Å²) in [5, 5.41) is 1.62. The molecule has 0 N–H and O–H groups in total. The van der Waals surface area contributed by atoms with Crippen LogP contribution in [0, 0.1) is 5.82 Å². The van der Waals surface area contributed by atoms with Crippen molar-refractivity contribution in [3.8, 4) is 16.9 Å². The van der Waals surface area contributed by atoms with Crippen LogP contribution in [-0.4, -0.2) is 6.61 Å². The first kappa shape index (κ1) is 17.2. The minimum atomic E-state index is -0.165. The molecule has 0 unspecified atom stereocenters. The molecule has 0 aromatic heterocycles. The van der Waals surface area contributed by atoms with Crippen molar-refractivity contribution in [1.29, 1.82) is 0 Å². The zero-order valence-electron chi connectivity index (χ0n) is 14.8. The monoisotopic (exact) mass is 334 g/mol. The molecule has 0 radical (unpaired) electrons. The van der Waals surface area contributed by atoms with Crippen molar-refractivity contribution >= 4 is 10.8 Å². The molecule has 0 bridgehead atoms. The second-order valence-corrected chi connectivity index (χ2v) is 6.05. The number of ether oxygens (including phenoxy) is 1. The second-order valence-electron chi connectivity index (χ2n) is 6.05. The number of benzene rings is 3. The Hall–Kier alpha value is -2.61. The average molecular weight is 334 g/mol. The van der Waals surface area contributed by atoms with Crippen LogP contribution in [0.1, 0.15) is 25.8 Å². The van der Waals surface area contributed by atoms with E-state index in [0.717, 1.165) is 29.5 Å². The van der Waals surface area contributed by atoms with Crippen molar-refractivity contribution in [3.63, 3.8) is 0 Å². The smallest absolute Gasteiger partial charge is 0.138 e. The third kappa shape index (κ3) is 3.90. The van der Waals surface area contributed by atoms with E-state index in [4.69, 9.17) is 4.74 Å². The minimum absolute atomic E-state index is 0.165. The molecule has 2 heteroatoms. The summed E-state index contributed by atoms with van der Waals surface area (Å²) in [7, 11) is 0. The summed E-state index contributed by atoms with van der Waals surface area (Å²) < 4.78 is 20.5. The van der Waals surface area contributed by atoms with Gasteiger partial charge in [-0.1, -0.05) is 54.6 Å². The maximum atomic E-state index is 15.0. The van der Waals surface area contributed by atoms with Gasteiger partial charge in [-0.05, 0) is 55.3 Å². The van der Waals surface area contributed by atoms with Gasteiger partial charge in [-0.2, -0.15) is 0 Å². The number of halogens is 1. The Balaban J connectivity index is 1.92. The molecule has 25 heavy (non-hydrogen) atoms. The van der Waals surface area contributed by atoms with Crippen LogP contribution in [0.3, 0.4) is 0 Å². The number of aryl methyl sites for hydroxylation is 1. The van der Waals surface area contributed by atoms with Crippen LogP contribution in [-0.2, 0) is 6.42 Å². The molecule has 0 saturated carbocycles. The van der Waals surface area contributed by atoms with Crippen LogP contribution in [0.5, 0.6) is 5.75 Å². The van der Waals surface area contributed by atoms with E-state index in [0.29, 0.717) is 17.6 Å². The minimum Gasteiger partial charge on any atom is -0.494 e. The number of allylic oxidation sites excluding steroid dienone is 2. The standard InChI is InChI=1S/C23H23FO/c1-3-5-6-7-17-8-14-22-19(16-17)11-15-21(23(22)24)18-9-12-20(13-10-18)25-4-2/h3,5,8-16H,4,6-7H2,1-2H3/b5-3+. The summed E-state index contributed by atoms with van der Waals surface area (Å²) in [5.41, 5.74) is 2.72. The van der Waals surface area contributed by atoms with Crippen LogP contribution in [0.4, 0.5) is 4.39 Å². The SMILES string of the molecule is C/C=C/CCc1ccc2c(F)c(-c3ccc(OCC)cc3)ccc2c1. The zero-order valence-corrected chi connectivity index (χ0v) is 14.8. The number of hydrogen-bond donors (Lipinski definition) is 0. The molecule has 128 valence electrons. The van der Waals surface area contributed by atoms with Crippen molar-refractivity contribution < 1.29 is 9.13 Å². The molecule has 3 aromatic carbocycles. The van der Waals surface area contributed by atoms with E-state index in [2.05, 4.69) is 18.2 Å². The maximum Gasteiger partial charge on any atom is 0.138 e. The molecule has 0 saturated heterocycles. The highest BCUT2D eigenvalue weighted by molar-refractivity contribution is 5.88. The highest BCUT2D eigenvalue weighted by Crippen LogP contribution is 2.30. The Morgan fingerprint density at radius 3 is 2.52 bits per heavy atom. The van der Waals surface area contributed by atoms with Gasteiger partial charge in [-0.3, -0.25) is 0 Å². The van der Waals surface area contributed by atoms with E-state index in [9.17, 15) is 4.39 Å². The van der Waals surface area contributed by atoms with E-state index in [1.165, 1.54) is 5.56 Å². The van der Waals surface area contributed by atoms with Gasteiger partial charge in [-0.25, -0.2) is 4.39 Å². The summed E-state index contributed by atoms with van der Waals surface area (Å²) in [6.07, 6.45) is 6.20. The van der Waals surface area contributed by atoms with Crippen molar-refractivity contribution in [1.82, 2.24) is 0 Å². The van der Waals surface area contributed by atoms with Crippen molar-refractivity contribution in [2.24, 2.45) is 0 Å². The molecule has 3 rings (SSSR count). The quantitative estimate of drug-likeness (QED) is 0.464. The predicted molar refractivity (Wildman–Crippen MR) is 104 cm³/mol. The van der Waals surface area contributed by atoms with E-state index in [-0.39, 0.29) is 5.82 Å². The first-order chi connectivity index (χ1) is 12.2. The van der Waals surface area contributed by atoms with Gasteiger partial charge in [0, 0.05) is 10.9 Å². The highest BCUT2D eigenvalue weighted by atomic mass is 19.1. The first-order valence-corrected chi connectivity index (χ1v) is 8.78. The molecule has 0 spiro atoms. The fourth-order valence-electron chi connectivity index (χ4n) is 3.03. The van der Waals surface area contributed by atoms with Crippen LogP contribution < -0.4 is 4.74 Å². The molecule has 3 aromatic rings. The van der Waals surface area contributed by atoms with Gasteiger partial charge in [0.05, 0.1) is 6.61 Å². The summed E-state index contributed by atoms with van der Waals surface area (Å²) in [6, 6.07) is 17.4. The van der Waals surface area contributed by atoms with Gasteiger partial charge in [0.1, 0.15) is 11.6 Å². The molecular formula is C23H23FO. The van der Waals surface area contributed by atoms with Crippen LogP contribution in [0.2, 0.25) is 0 Å². The van der Waals surface area contributed by atoms with Crippen LogP contribution in [0.25, 0.3) is 21.9 Å². The van der Waals surface area contributed by atoms with Crippen molar-refractivity contribution in [2.75, 3.05) is 6.61 Å². The van der Waals surface area contributed by atoms with Gasteiger partial charge in [0.25, 0.3) is 0 Å². The lowest BCUT2D eigenvalue weighted by atomic mass is 9.98. The van der Waals surface area contributed by atoms with E-state index in [1.807, 2.05) is 62.4 Å². The molecule has 0 aliphatic heterocycles. The highest BCUT2D eigenvalue weighted by Gasteiger charge is 2.10. The fraction of sp³-hybridized carbons (Fsp3) is 0.217. The molecule has 0 aliphatic carbocycles. The average Bonchev–Trinajstić information content (AvgIpc) is 2.63. The molecule has 1 nitrogen and oxygen atoms in total. The summed E-state index contributed by atoms with van der Waals surface area (Å²) in [5.74, 6) is 0.639. The summed E-state index contributed by atoms with van der Waals surface area (Å²) in [4.78, 5) is 0. The Kier molecular flexibility index (Phi) is 5.49. The zero-order chi connectivity index (χ0) is 17.6. The molecule has 0 fully saturated rings. The molecule has 0 aliphatic rings. The van der Waals surface area contributed by atoms with E-state index < -0.39 is 0 Å². The Bertz CT molecular complexity index is 878. The largest absolute Gasteiger partial charge is 0.494 e. The Morgan fingerprint density at radius 2 is 1.80 bits per heavy atom. The normalized spacial score (nSPS) is 11.3. The van der Waals surface area contributed by atoms with Crippen molar-refractivity contribution in [3.05, 3.63) is 78.1 Å². The molecular weight excluding hydrogens is 311 g/mol. The van der Waals surface area contributed by atoms with Gasteiger partial charge in [-0.15, -0.1) is 0 Å². The number of hydrogen-bond acceptors (Lipinski definition) is 1. The Labute approximate surface area is 148 Å². The fourth-order valence-corrected chi connectivity index (χ4v) is 3.03. The van der Waals surface area contributed by atoms with Gasteiger partial charge in [0.2, 0.25) is 0 Å². The van der Waals surface area contributed by atoms with Gasteiger partial charge in [0.15, 0.2) is 0 Å². The summed E-state index contributed by atoms with van der Waals surface area (Å²) >= 11 is 0. The number of fused-ring (bicyclic) bond motifs is 1. The van der Waals surface area contributed by atoms with Gasteiger partial charge >= 0.3 is 0 Å².